The van der Waals surface area contributed by atoms with Crippen molar-refractivity contribution in [3.63, 3.8) is 0 Å². The zero-order valence-electron chi connectivity index (χ0n) is 28.6. The Bertz CT molecular complexity index is 1350. The number of methoxy groups -OCH3 is 2. The van der Waals surface area contributed by atoms with E-state index in [1.807, 2.05) is 6.21 Å². The molecule has 43 heavy (non-hydrogen) atoms. The molecular formula is C37H52NO4P. The molecule has 0 fully saturated rings. The van der Waals surface area contributed by atoms with Gasteiger partial charge in [-0.05, 0) is 81.9 Å². The zero-order chi connectivity index (χ0) is 32.2. The lowest BCUT2D eigenvalue weighted by Crippen LogP contribution is -2.30. The summed E-state index contributed by atoms with van der Waals surface area (Å²) in [7, 11) is 2.13. The molecule has 0 saturated carbocycles. The Kier molecular flexibility index (Phi) is 11.3. The van der Waals surface area contributed by atoms with Gasteiger partial charge in [-0.3, -0.25) is 4.99 Å². The van der Waals surface area contributed by atoms with E-state index in [0.29, 0.717) is 0 Å². The van der Waals surface area contributed by atoms with Crippen LogP contribution in [0.15, 0.2) is 53.5 Å². The molecule has 5 nitrogen and oxygen atoms in total. The van der Waals surface area contributed by atoms with Gasteiger partial charge in [0.2, 0.25) is 0 Å². The van der Waals surface area contributed by atoms with Crippen LogP contribution in [0.1, 0.15) is 90.1 Å². The van der Waals surface area contributed by atoms with Crippen molar-refractivity contribution in [3.8, 4) is 11.5 Å². The fraction of sp³-hybridized carbons (Fsp3) is 0.486. The van der Waals surface area contributed by atoms with Crippen molar-refractivity contribution in [2.45, 2.75) is 92.5 Å². The molecule has 0 radical (unpaired) electrons. The summed E-state index contributed by atoms with van der Waals surface area (Å²) >= 11 is 0. The molecule has 0 heterocycles. The van der Waals surface area contributed by atoms with Gasteiger partial charge in [-0.15, -0.1) is 0 Å². The molecule has 0 aliphatic heterocycles. The second kappa shape index (κ2) is 13.9. The van der Waals surface area contributed by atoms with E-state index in [9.17, 15) is 0 Å². The molecule has 234 valence electrons. The van der Waals surface area contributed by atoms with E-state index in [0.717, 1.165) is 38.8 Å². The van der Waals surface area contributed by atoms with Gasteiger partial charge < -0.3 is 18.9 Å². The van der Waals surface area contributed by atoms with Crippen molar-refractivity contribution >= 4 is 30.0 Å². The number of aryl methyl sites for hydroxylation is 2. The first kappa shape index (κ1) is 34.8. The van der Waals surface area contributed by atoms with Crippen LogP contribution >= 0.6 is 7.92 Å². The normalized spacial score (nSPS) is 12.8. The molecule has 3 aromatic carbocycles. The van der Waals surface area contributed by atoms with Crippen LogP contribution < -0.4 is 25.4 Å². The van der Waals surface area contributed by atoms with Crippen LogP contribution in [-0.4, -0.2) is 39.6 Å². The summed E-state index contributed by atoms with van der Waals surface area (Å²) in [5, 5.41) is 3.44. The third-order valence-corrected chi connectivity index (χ3v) is 9.45. The number of hydrogen-bond donors (Lipinski definition) is 0. The SMILES string of the molecule is COCOc1c(P(c2ccccc2/C=N/C(C)(C)C)c2cc(C)cc(C(C)(C)C)c2OCOC)cc(C)cc1C(C)(C)C. The summed E-state index contributed by atoms with van der Waals surface area (Å²) < 4.78 is 24.0. The highest BCUT2D eigenvalue weighted by Gasteiger charge is 2.33. The largest absolute Gasteiger partial charge is 0.467 e. The highest BCUT2D eigenvalue weighted by Crippen LogP contribution is 2.46. The van der Waals surface area contributed by atoms with Gasteiger partial charge in [-0.25, -0.2) is 0 Å². The Hall–Kier alpha value is -2.72. The van der Waals surface area contributed by atoms with E-state index in [1.165, 1.54) is 16.4 Å². The maximum absolute atomic E-state index is 6.52. The average Bonchev–Trinajstić information content (AvgIpc) is 2.89. The summed E-state index contributed by atoms with van der Waals surface area (Å²) in [4.78, 5) is 4.93. The third-order valence-electron chi connectivity index (χ3n) is 6.94. The molecule has 3 aromatic rings. The van der Waals surface area contributed by atoms with Crippen LogP contribution in [0.4, 0.5) is 0 Å². The van der Waals surface area contributed by atoms with E-state index >= 15 is 0 Å². The van der Waals surface area contributed by atoms with Gasteiger partial charge in [0, 0.05) is 47.7 Å². The van der Waals surface area contributed by atoms with Crippen LogP contribution in [0.5, 0.6) is 11.5 Å². The van der Waals surface area contributed by atoms with Gasteiger partial charge in [0.25, 0.3) is 0 Å². The van der Waals surface area contributed by atoms with Gasteiger partial charge in [0.1, 0.15) is 11.5 Å². The monoisotopic (exact) mass is 605 g/mol. The Labute approximate surface area is 261 Å². The maximum Gasteiger partial charge on any atom is 0.188 e. The lowest BCUT2D eigenvalue weighted by Gasteiger charge is -2.32. The average molecular weight is 606 g/mol. The molecule has 6 heteroatoms. The number of benzene rings is 3. The number of ether oxygens (including phenoxy) is 4. The summed E-state index contributed by atoms with van der Waals surface area (Å²) in [6.07, 6.45) is 2.02. The van der Waals surface area contributed by atoms with Gasteiger partial charge >= 0.3 is 0 Å². The predicted octanol–water partition coefficient (Wildman–Crippen LogP) is 7.84. The zero-order valence-corrected chi connectivity index (χ0v) is 29.5. The van der Waals surface area contributed by atoms with Crippen LogP contribution in [0.3, 0.4) is 0 Å². The summed E-state index contributed by atoms with van der Waals surface area (Å²) in [6.45, 7) is 24.4. The minimum atomic E-state index is -1.20. The van der Waals surface area contributed by atoms with Gasteiger partial charge in [0.05, 0.1) is 5.54 Å². The fourth-order valence-corrected chi connectivity index (χ4v) is 7.79. The minimum Gasteiger partial charge on any atom is -0.467 e. The smallest absolute Gasteiger partial charge is 0.188 e. The van der Waals surface area contributed by atoms with Crippen molar-refractivity contribution in [2.75, 3.05) is 27.8 Å². The molecule has 0 aromatic heterocycles. The van der Waals surface area contributed by atoms with Crippen LogP contribution in [0.25, 0.3) is 0 Å². The Balaban J connectivity index is 2.58. The molecule has 0 N–H and O–H groups in total. The summed E-state index contributed by atoms with van der Waals surface area (Å²) in [5.74, 6) is 1.73. The Morgan fingerprint density at radius 1 is 0.651 bits per heavy atom. The Morgan fingerprint density at radius 2 is 1.09 bits per heavy atom. The molecule has 0 aliphatic carbocycles. The standard InChI is InChI=1S/C37H52NO4P/c1-25-18-28(35(3,4)5)33(41-23-39-12)31(20-25)43(30-17-15-14-16-27(30)22-38-37(9,10)11)32-21-26(2)19-29(36(6,7)8)34(32)42-24-40-13/h14-22H,23-24H2,1-13H3/b38-22+. The third kappa shape index (κ3) is 8.91. The van der Waals surface area contributed by atoms with Crippen LogP contribution in [0.2, 0.25) is 0 Å². The molecule has 3 rings (SSSR count). The van der Waals surface area contributed by atoms with Crippen molar-refractivity contribution in [1.29, 1.82) is 0 Å². The predicted molar refractivity (Wildman–Crippen MR) is 184 cm³/mol. The van der Waals surface area contributed by atoms with Crippen molar-refractivity contribution in [3.05, 3.63) is 76.3 Å². The fourth-order valence-electron chi connectivity index (χ4n) is 4.95. The molecule has 0 amide bonds. The molecule has 0 aliphatic rings. The Morgan fingerprint density at radius 3 is 1.49 bits per heavy atom. The van der Waals surface area contributed by atoms with Gasteiger partial charge in [0.15, 0.2) is 13.6 Å². The first-order chi connectivity index (χ1) is 20.0. The lowest BCUT2D eigenvalue weighted by atomic mass is 9.85. The second-order valence-electron chi connectivity index (χ2n) is 14.2. The van der Waals surface area contributed by atoms with Crippen molar-refractivity contribution in [1.82, 2.24) is 0 Å². The van der Waals surface area contributed by atoms with Gasteiger partial charge in [-0.1, -0.05) is 77.9 Å². The van der Waals surface area contributed by atoms with Crippen LogP contribution in [-0.2, 0) is 20.3 Å². The lowest BCUT2D eigenvalue weighted by molar-refractivity contribution is 0.0506. The van der Waals surface area contributed by atoms with Crippen molar-refractivity contribution in [2.24, 2.45) is 4.99 Å². The summed E-state index contributed by atoms with van der Waals surface area (Å²) in [6, 6.07) is 17.6. The van der Waals surface area contributed by atoms with E-state index < -0.39 is 7.92 Å². The highest BCUT2D eigenvalue weighted by atomic mass is 31.1. The molecular weight excluding hydrogens is 553 g/mol. The van der Waals surface area contributed by atoms with E-state index in [1.54, 1.807) is 14.2 Å². The quantitative estimate of drug-likeness (QED) is 0.134. The first-order valence-electron chi connectivity index (χ1n) is 15.0. The number of nitrogens with zero attached hydrogens (tertiary/aromatic N) is 1. The highest BCUT2D eigenvalue weighted by molar-refractivity contribution is 7.80. The first-order valence-corrected chi connectivity index (χ1v) is 16.3. The number of rotatable bonds is 10. The second-order valence-corrected chi connectivity index (χ2v) is 16.4. The molecule has 0 spiro atoms. The van der Waals surface area contributed by atoms with Crippen LogP contribution in [0, 0.1) is 13.8 Å². The van der Waals surface area contributed by atoms with Gasteiger partial charge in [-0.2, -0.15) is 0 Å². The van der Waals surface area contributed by atoms with E-state index in [2.05, 4.69) is 125 Å². The molecule has 0 atom stereocenters. The molecule has 0 unspecified atom stereocenters. The number of aliphatic imine (C=N–C) groups is 1. The number of hydrogen-bond acceptors (Lipinski definition) is 5. The summed E-state index contributed by atoms with van der Waals surface area (Å²) in [5.41, 5.74) is 5.22. The minimum absolute atomic E-state index is 0.156. The molecule has 0 saturated heterocycles. The topological polar surface area (TPSA) is 49.3 Å². The van der Waals surface area contributed by atoms with E-state index in [4.69, 9.17) is 23.9 Å². The molecule has 0 bridgehead atoms. The van der Waals surface area contributed by atoms with E-state index in [-0.39, 0.29) is 30.0 Å². The van der Waals surface area contributed by atoms with Crippen molar-refractivity contribution < 1.29 is 18.9 Å². The maximum atomic E-state index is 6.52.